The highest BCUT2D eigenvalue weighted by molar-refractivity contribution is 6.30. The first-order valence-electron chi connectivity index (χ1n) is 7.84. The number of halogens is 1. The van der Waals surface area contributed by atoms with E-state index in [0.717, 1.165) is 5.56 Å². The summed E-state index contributed by atoms with van der Waals surface area (Å²) in [5.74, 6) is 0.289. The van der Waals surface area contributed by atoms with E-state index in [9.17, 15) is 4.79 Å². The van der Waals surface area contributed by atoms with Gasteiger partial charge in [-0.15, -0.1) is 10.2 Å². The summed E-state index contributed by atoms with van der Waals surface area (Å²) < 4.78 is 0. The minimum absolute atomic E-state index is 0.0873. The zero-order valence-electron chi connectivity index (χ0n) is 13.6. The molecule has 0 fully saturated rings. The van der Waals surface area contributed by atoms with Crippen LogP contribution in [0.5, 0.6) is 0 Å². The Bertz CT molecular complexity index is 836. The van der Waals surface area contributed by atoms with Gasteiger partial charge in [0.25, 0.3) is 5.91 Å². The highest BCUT2D eigenvalue weighted by Crippen LogP contribution is 2.17. The molecule has 6 heteroatoms. The number of nitrogens with zero attached hydrogens (tertiary/aromatic N) is 2. The van der Waals surface area contributed by atoms with Crippen LogP contribution in [-0.2, 0) is 0 Å². The lowest BCUT2D eigenvalue weighted by Gasteiger charge is -2.14. The summed E-state index contributed by atoms with van der Waals surface area (Å²) in [5, 5.41) is 14.7. The molecule has 0 aliphatic carbocycles. The summed E-state index contributed by atoms with van der Waals surface area (Å²) in [5.41, 5.74) is 2.04. The fourth-order valence-electron chi connectivity index (χ4n) is 2.31. The molecule has 25 heavy (non-hydrogen) atoms. The van der Waals surface area contributed by atoms with Crippen LogP contribution in [-0.4, -0.2) is 16.1 Å². The van der Waals surface area contributed by atoms with Crippen LogP contribution in [0.15, 0.2) is 66.7 Å². The number of carbonyl (C=O) groups excluding carboxylic acids is 1. The molecule has 5 nitrogen and oxygen atoms in total. The molecule has 3 aromatic rings. The molecule has 0 radical (unpaired) electrons. The van der Waals surface area contributed by atoms with Crippen molar-refractivity contribution >= 4 is 29.0 Å². The van der Waals surface area contributed by atoms with E-state index < -0.39 is 0 Å². The molecule has 2 N–H and O–H groups in total. The van der Waals surface area contributed by atoms with Crippen molar-refractivity contribution in [2.75, 3.05) is 10.6 Å². The number of hydrogen-bond acceptors (Lipinski definition) is 4. The topological polar surface area (TPSA) is 66.9 Å². The normalized spacial score (nSPS) is 11.6. The van der Waals surface area contributed by atoms with Crippen molar-refractivity contribution in [1.82, 2.24) is 10.2 Å². The Morgan fingerprint density at radius 2 is 1.68 bits per heavy atom. The molecule has 1 heterocycles. The van der Waals surface area contributed by atoms with E-state index >= 15 is 0 Å². The highest BCUT2D eigenvalue weighted by Gasteiger charge is 2.10. The standard InChI is InChI=1S/C19H17ClN4O/c1-13(14-5-3-2-4-6-14)21-18-12-11-17(23-24-18)19(25)22-16-9-7-15(20)8-10-16/h2-13H,1H3,(H,21,24)(H,22,25). The van der Waals surface area contributed by atoms with Gasteiger partial charge < -0.3 is 10.6 Å². The molecule has 0 spiro atoms. The van der Waals surface area contributed by atoms with Crippen LogP contribution < -0.4 is 10.6 Å². The second-order valence-corrected chi connectivity index (χ2v) is 5.98. The number of benzene rings is 2. The van der Waals surface area contributed by atoms with Crippen LogP contribution in [0, 0.1) is 0 Å². The Morgan fingerprint density at radius 3 is 2.32 bits per heavy atom. The second-order valence-electron chi connectivity index (χ2n) is 5.54. The number of rotatable bonds is 5. The maximum absolute atomic E-state index is 12.2. The molecule has 3 rings (SSSR count). The van der Waals surface area contributed by atoms with Crippen LogP contribution in [0.1, 0.15) is 29.0 Å². The molecule has 0 saturated heterocycles. The molecule has 1 aromatic heterocycles. The summed E-state index contributed by atoms with van der Waals surface area (Å²) in [6.45, 7) is 2.04. The van der Waals surface area contributed by atoms with Gasteiger partial charge in [-0.2, -0.15) is 0 Å². The maximum Gasteiger partial charge on any atom is 0.276 e. The highest BCUT2D eigenvalue weighted by atomic mass is 35.5. The number of aromatic nitrogens is 2. The number of hydrogen-bond donors (Lipinski definition) is 2. The summed E-state index contributed by atoms with van der Waals surface area (Å²) >= 11 is 5.83. The Hall–Kier alpha value is -2.92. The van der Waals surface area contributed by atoms with Gasteiger partial charge in [-0.1, -0.05) is 41.9 Å². The molecule has 0 bridgehead atoms. The molecule has 1 amide bonds. The second kappa shape index (κ2) is 7.77. The average molecular weight is 353 g/mol. The number of amides is 1. The lowest BCUT2D eigenvalue weighted by molar-refractivity contribution is 0.102. The van der Waals surface area contributed by atoms with Crippen LogP contribution >= 0.6 is 11.6 Å². The van der Waals surface area contributed by atoms with Crippen molar-refractivity contribution in [2.45, 2.75) is 13.0 Å². The Labute approximate surface area is 151 Å². The zero-order valence-corrected chi connectivity index (χ0v) is 14.4. The molecule has 1 unspecified atom stereocenters. The van der Waals surface area contributed by atoms with Crippen LogP contribution in [0.25, 0.3) is 0 Å². The van der Waals surface area contributed by atoms with E-state index in [4.69, 9.17) is 11.6 Å². The minimum Gasteiger partial charge on any atom is -0.362 e. The third-order valence-corrected chi connectivity index (χ3v) is 3.92. The van der Waals surface area contributed by atoms with Gasteiger partial charge in [-0.05, 0) is 48.9 Å². The van der Waals surface area contributed by atoms with E-state index in [1.54, 1.807) is 36.4 Å². The smallest absolute Gasteiger partial charge is 0.276 e. The van der Waals surface area contributed by atoms with Gasteiger partial charge >= 0.3 is 0 Å². The lowest BCUT2D eigenvalue weighted by Crippen LogP contribution is -2.15. The van der Waals surface area contributed by atoms with Gasteiger partial charge in [0, 0.05) is 16.8 Å². The molecule has 0 saturated carbocycles. The number of carbonyl (C=O) groups is 1. The van der Waals surface area contributed by atoms with Crippen LogP contribution in [0.2, 0.25) is 5.02 Å². The SMILES string of the molecule is CC(Nc1ccc(C(=O)Nc2ccc(Cl)cc2)nn1)c1ccccc1. The monoisotopic (exact) mass is 352 g/mol. The van der Waals surface area contributed by atoms with Crippen molar-refractivity contribution < 1.29 is 4.79 Å². The van der Waals surface area contributed by atoms with E-state index in [1.165, 1.54) is 0 Å². The predicted octanol–water partition coefficient (Wildman–Crippen LogP) is 4.56. The molecule has 0 aliphatic rings. The molecule has 126 valence electrons. The van der Waals surface area contributed by atoms with Crippen LogP contribution in [0.4, 0.5) is 11.5 Å². The van der Waals surface area contributed by atoms with Crippen molar-refractivity contribution in [2.24, 2.45) is 0 Å². The van der Waals surface area contributed by atoms with Crippen LogP contribution in [0.3, 0.4) is 0 Å². The largest absolute Gasteiger partial charge is 0.362 e. The molecular weight excluding hydrogens is 336 g/mol. The molecule has 2 aromatic carbocycles. The number of nitrogens with one attached hydrogen (secondary N) is 2. The fourth-order valence-corrected chi connectivity index (χ4v) is 2.43. The van der Waals surface area contributed by atoms with Crippen molar-refractivity contribution in [3.05, 3.63) is 83.0 Å². The third-order valence-electron chi connectivity index (χ3n) is 3.66. The first-order chi connectivity index (χ1) is 12.1. The predicted molar refractivity (Wildman–Crippen MR) is 99.9 cm³/mol. The minimum atomic E-state index is -0.322. The molecule has 1 atom stereocenters. The third kappa shape index (κ3) is 4.55. The summed E-state index contributed by atoms with van der Waals surface area (Å²) in [7, 11) is 0. The maximum atomic E-state index is 12.2. The first kappa shape index (κ1) is 16.9. The van der Waals surface area contributed by atoms with Gasteiger partial charge in [0.05, 0.1) is 0 Å². The van der Waals surface area contributed by atoms with Gasteiger partial charge in [-0.25, -0.2) is 0 Å². The van der Waals surface area contributed by atoms with Crippen molar-refractivity contribution in [1.29, 1.82) is 0 Å². The van der Waals surface area contributed by atoms with E-state index in [2.05, 4.69) is 20.8 Å². The summed E-state index contributed by atoms with van der Waals surface area (Å²) in [6, 6.07) is 20.4. The summed E-state index contributed by atoms with van der Waals surface area (Å²) in [4.78, 5) is 12.2. The van der Waals surface area contributed by atoms with Gasteiger partial charge in [0.2, 0.25) is 0 Å². The van der Waals surface area contributed by atoms with Gasteiger partial charge in [0.15, 0.2) is 5.69 Å². The Morgan fingerprint density at radius 1 is 0.960 bits per heavy atom. The van der Waals surface area contributed by atoms with Crippen molar-refractivity contribution in [3.63, 3.8) is 0 Å². The Kier molecular flexibility index (Phi) is 5.26. The fraction of sp³-hybridized carbons (Fsp3) is 0.105. The first-order valence-corrected chi connectivity index (χ1v) is 8.22. The quantitative estimate of drug-likeness (QED) is 0.706. The Balaban J connectivity index is 1.63. The molecular formula is C19H17ClN4O. The summed E-state index contributed by atoms with van der Waals surface area (Å²) in [6.07, 6.45) is 0. The average Bonchev–Trinajstić information content (AvgIpc) is 2.65. The van der Waals surface area contributed by atoms with Crippen molar-refractivity contribution in [3.8, 4) is 0 Å². The lowest BCUT2D eigenvalue weighted by atomic mass is 10.1. The van der Waals surface area contributed by atoms with Gasteiger partial charge in [-0.3, -0.25) is 4.79 Å². The van der Waals surface area contributed by atoms with E-state index in [0.29, 0.717) is 16.5 Å². The molecule has 0 aliphatic heterocycles. The van der Waals surface area contributed by atoms with E-state index in [1.807, 2.05) is 37.3 Å². The number of anilines is 2. The van der Waals surface area contributed by atoms with E-state index in [-0.39, 0.29) is 17.6 Å². The van der Waals surface area contributed by atoms with Gasteiger partial charge in [0.1, 0.15) is 5.82 Å². The zero-order chi connectivity index (χ0) is 17.6.